The molecule has 1 aromatic rings. The zero-order valence-corrected chi connectivity index (χ0v) is 14.7. The monoisotopic (exact) mass is 318 g/mol. The van der Waals surface area contributed by atoms with Gasteiger partial charge in [0.15, 0.2) is 0 Å². The second kappa shape index (κ2) is 8.89. The molecule has 1 aliphatic heterocycles. The summed E-state index contributed by atoms with van der Waals surface area (Å²) in [5.74, 6) is 0.221. The third-order valence-corrected chi connectivity index (χ3v) is 4.23. The number of nitrogens with one attached hydrogen (secondary N) is 1. The van der Waals surface area contributed by atoms with Gasteiger partial charge in [0, 0.05) is 31.9 Å². The van der Waals surface area contributed by atoms with Crippen LogP contribution in [0.25, 0.3) is 0 Å². The fourth-order valence-corrected chi connectivity index (χ4v) is 2.87. The summed E-state index contributed by atoms with van der Waals surface area (Å²) in [5.41, 5.74) is 2.54. The van der Waals surface area contributed by atoms with Crippen molar-refractivity contribution in [1.29, 1.82) is 0 Å². The van der Waals surface area contributed by atoms with Gasteiger partial charge in [-0.05, 0) is 58.2 Å². The molecule has 128 valence electrons. The van der Waals surface area contributed by atoms with Gasteiger partial charge in [-0.2, -0.15) is 0 Å². The Morgan fingerprint density at radius 1 is 1.22 bits per heavy atom. The molecule has 0 aromatic heterocycles. The van der Waals surface area contributed by atoms with Crippen molar-refractivity contribution in [2.45, 2.75) is 13.3 Å². The molecule has 1 amide bonds. The molecular formula is C18H30N4O. The smallest absolute Gasteiger partial charge is 0.236 e. The summed E-state index contributed by atoms with van der Waals surface area (Å²) in [6.45, 7) is 7.97. The fourth-order valence-electron chi connectivity index (χ4n) is 2.87. The molecule has 0 bridgehead atoms. The number of rotatable bonds is 7. The lowest BCUT2D eigenvalue weighted by Crippen LogP contribution is -2.51. The van der Waals surface area contributed by atoms with Gasteiger partial charge in [-0.15, -0.1) is 0 Å². The zero-order chi connectivity index (χ0) is 16.7. The van der Waals surface area contributed by atoms with E-state index >= 15 is 0 Å². The largest absolute Gasteiger partial charge is 0.368 e. The van der Waals surface area contributed by atoms with Crippen LogP contribution < -0.4 is 10.2 Å². The van der Waals surface area contributed by atoms with Gasteiger partial charge >= 0.3 is 0 Å². The van der Waals surface area contributed by atoms with Crippen LogP contribution in [0.2, 0.25) is 0 Å². The number of aryl methyl sites for hydroxylation is 1. The van der Waals surface area contributed by atoms with Gasteiger partial charge in [-0.1, -0.05) is 12.1 Å². The summed E-state index contributed by atoms with van der Waals surface area (Å²) < 4.78 is 0. The normalized spacial score (nSPS) is 15.3. The Balaban J connectivity index is 1.68. The van der Waals surface area contributed by atoms with Crippen molar-refractivity contribution in [2.24, 2.45) is 0 Å². The summed E-state index contributed by atoms with van der Waals surface area (Å²) in [4.78, 5) is 18.7. The maximum absolute atomic E-state index is 12.2. The minimum absolute atomic E-state index is 0.221. The summed E-state index contributed by atoms with van der Waals surface area (Å²) in [7, 11) is 4.14. The van der Waals surface area contributed by atoms with Gasteiger partial charge in [-0.3, -0.25) is 4.79 Å². The Kier molecular flexibility index (Phi) is 6.86. The van der Waals surface area contributed by atoms with Crippen molar-refractivity contribution >= 4 is 11.6 Å². The highest BCUT2D eigenvalue weighted by atomic mass is 16.2. The highest BCUT2D eigenvalue weighted by Gasteiger charge is 2.20. The quantitative estimate of drug-likeness (QED) is 0.767. The third kappa shape index (κ3) is 5.84. The number of carbonyl (C=O) groups is 1. The molecule has 1 saturated heterocycles. The van der Waals surface area contributed by atoms with Crippen molar-refractivity contribution in [2.75, 3.05) is 64.8 Å². The number of amides is 1. The predicted octanol–water partition coefficient (Wildman–Crippen LogP) is 1.18. The van der Waals surface area contributed by atoms with Crippen LogP contribution >= 0.6 is 0 Å². The number of benzene rings is 1. The number of carbonyl (C=O) groups excluding carboxylic acids is 1. The van der Waals surface area contributed by atoms with E-state index in [1.165, 1.54) is 11.3 Å². The molecular weight excluding hydrogens is 288 g/mol. The molecule has 0 spiro atoms. The second-order valence-electron chi connectivity index (χ2n) is 6.54. The Morgan fingerprint density at radius 3 is 2.61 bits per heavy atom. The van der Waals surface area contributed by atoms with Gasteiger partial charge in [0.1, 0.15) is 0 Å². The van der Waals surface area contributed by atoms with Crippen LogP contribution in [-0.2, 0) is 4.79 Å². The molecule has 0 aliphatic carbocycles. The summed E-state index contributed by atoms with van der Waals surface area (Å²) in [6.07, 6.45) is 1.07. The average molecular weight is 318 g/mol. The van der Waals surface area contributed by atoms with Crippen molar-refractivity contribution in [3.63, 3.8) is 0 Å². The van der Waals surface area contributed by atoms with Crippen LogP contribution in [0.4, 0.5) is 5.69 Å². The Morgan fingerprint density at radius 2 is 1.96 bits per heavy atom. The van der Waals surface area contributed by atoms with E-state index in [0.717, 1.165) is 45.7 Å². The van der Waals surface area contributed by atoms with E-state index in [0.29, 0.717) is 6.54 Å². The molecule has 0 radical (unpaired) electrons. The first kappa shape index (κ1) is 17.8. The minimum Gasteiger partial charge on any atom is -0.368 e. The minimum atomic E-state index is 0.221. The molecule has 2 rings (SSSR count). The highest BCUT2D eigenvalue weighted by molar-refractivity contribution is 5.78. The van der Waals surface area contributed by atoms with E-state index in [1.54, 1.807) is 0 Å². The number of hydrogen-bond donors (Lipinski definition) is 1. The Hall–Kier alpha value is -1.59. The van der Waals surface area contributed by atoms with Gasteiger partial charge < -0.3 is 20.0 Å². The van der Waals surface area contributed by atoms with Crippen LogP contribution in [0.15, 0.2) is 24.3 Å². The molecule has 23 heavy (non-hydrogen) atoms. The molecule has 5 nitrogen and oxygen atoms in total. The van der Waals surface area contributed by atoms with Crippen LogP contribution in [0.3, 0.4) is 0 Å². The lowest BCUT2D eigenvalue weighted by Gasteiger charge is -2.36. The summed E-state index contributed by atoms with van der Waals surface area (Å²) in [6, 6.07) is 8.58. The van der Waals surface area contributed by atoms with E-state index in [2.05, 4.69) is 60.4 Å². The lowest BCUT2D eigenvalue weighted by atomic mass is 10.2. The molecule has 1 aliphatic rings. The molecule has 0 unspecified atom stereocenters. The summed E-state index contributed by atoms with van der Waals surface area (Å²) >= 11 is 0. The van der Waals surface area contributed by atoms with Crippen LogP contribution in [0, 0.1) is 6.92 Å². The number of nitrogens with zero attached hydrogens (tertiary/aromatic N) is 3. The number of piperazine rings is 1. The SMILES string of the molecule is Cc1cccc(N2CCN(C(=O)CNCCCN(C)C)CC2)c1. The standard InChI is InChI=1S/C18H30N4O/c1-16-6-4-7-17(14-16)21-10-12-22(13-11-21)18(23)15-19-8-5-9-20(2)3/h4,6-7,14,19H,5,8-13,15H2,1-3H3. The van der Waals surface area contributed by atoms with Crippen molar-refractivity contribution in [1.82, 2.24) is 15.1 Å². The van der Waals surface area contributed by atoms with Gasteiger partial charge in [0.2, 0.25) is 5.91 Å². The molecule has 0 saturated carbocycles. The number of hydrogen-bond acceptors (Lipinski definition) is 4. The Bertz CT molecular complexity index is 496. The maximum atomic E-state index is 12.2. The van der Waals surface area contributed by atoms with Crippen molar-refractivity contribution in [3.05, 3.63) is 29.8 Å². The lowest BCUT2D eigenvalue weighted by molar-refractivity contribution is -0.130. The molecule has 1 aromatic carbocycles. The van der Waals surface area contributed by atoms with Crippen molar-refractivity contribution < 1.29 is 4.79 Å². The fraction of sp³-hybridized carbons (Fsp3) is 0.611. The first-order valence-corrected chi connectivity index (χ1v) is 8.51. The first-order valence-electron chi connectivity index (χ1n) is 8.51. The van der Waals surface area contributed by atoms with Gasteiger partial charge in [0.25, 0.3) is 0 Å². The maximum Gasteiger partial charge on any atom is 0.236 e. The van der Waals surface area contributed by atoms with Gasteiger partial charge in [0.05, 0.1) is 6.54 Å². The molecule has 1 fully saturated rings. The first-order chi connectivity index (χ1) is 11.1. The van der Waals surface area contributed by atoms with Crippen molar-refractivity contribution in [3.8, 4) is 0 Å². The highest BCUT2D eigenvalue weighted by Crippen LogP contribution is 2.17. The zero-order valence-electron chi connectivity index (χ0n) is 14.7. The molecule has 1 N–H and O–H groups in total. The summed E-state index contributed by atoms with van der Waals surface area (Å²) in [5, 5.41) is 3.26. The van der Waals surface area contributed by atoms with E-state index in [4.69, 9.17) is 0 Å². The number of anilines is 1. The topological polar surface area (TPSA) is 38.8 Å². The van der Waals surface area contributed by atoms with Crippen LogP contribution in [-0.4, -0.2) is 75.6 Å². The Labute approximate surface area is 140 Å². The van der Waals surface area contributed by atoms with Gasteiger partial charge in [-0.25, -0.2) is 0 Å². The van der Waals surface area contributed by atoms with E-state index in [-0.39, 0.29) is 5.91 Å². The third-order valence-electron chi connectivity index (χ3n) is 4.23. The van der Waals surface area contributed by atoms with E-state index in [1.807, 2.05) is 4.90 Å². The van der Waals surface area contributed by atoms with Crippen LogP contribution in [0.5, 0.6) is 0 Å². The van der Waals surface area contributed by atoms with Crippen LogP contribution in [0.1, 0.15) is 12.0 Å². The average Bonchev–Trinajstić information content (AvgIpc) is 2.54. The molecule has 1 heterocycles. The van der Waals surface area contributed by atoms with E-state index in [9.17, 15) is 4.79 Å². The molecule has 5 heteroatoms. The molecule has 0 atom stereocenters. The second-order valence-corrected chi connectivity index (χ2v) is 6.54. The van der Waals surface area contributed by atoms with E-state index < -0.39 is 0 Å². The predicted molar refractivity (Wildman–Crippen MR) is 96.0 cm³/mol.